The standard InChI is InChI=1S/C26H24N4OS/c31-26(28-21-7-3-5-19(15-21)18-30-11-13-32-14-12-30)23-16-25(20-6-4-10-27-17-20)29-24-9-2-1-8-22(23)24/h1-10,15-17H,11-14,18H2,(H,28,31). The third-order valence-electron chi connectivity index (χ3n) is 5.61. The van der Waals surface area contributed by atoms with Gasteiger partial charge in [0, 0.05) is 60.2 Å². The molecule has 0 spiro atoms. The topological polar surface area (TPSA) is 58.1 Å². The van der Waals surface area contributed by atoms with Crippen molar-refractivity contribution in [3.63, 3.8) is 0 Å². The Morgan fingerprint density at radius 3 is 2.72 bits per heavy atom. The summed E-state index contributed by atoms with van der Waals surface area (Å²) in [5.41, 5.74) is 5.03. The number of benzene rings is 2. The lowest BCUT2D eigenvalue weighted by atomic mass is 10.0. The van der Waals surface area contributed by atoms with Crippen molar-refractivity contribution in [1.82, 2.24) is 14.9 Å². The van der Waals surface area contributed by atoms with Crippen molar-refractivity contribution in [2.75, 3.05) is 29.9 Å². The number of rotatable bonds is 5. The van der Waals surface area contributed by atoms with E-state index >= 15 is 0 Å². The summed E-state index contributed by atoms with van der Waals surface area (Å²) in [6.07, 6.45) is 3.50. The summed E-state index contributed by atoms with van der Waals surface area (Å²) < 4.78 is 0. The van der Waals surface area contributed by atoms with Gasteiger partial charge in [-0.25, -0.2) is 4.98 Å². The molecule has 2 aromatic heterocycles. The van der Waals surface area contributed by atoms with Crippen LogP contribution in [0.5, 0.6) is 0 Å². The summed E-state index contributed by atoms with van der Waals surface area (Å²) in [6.45, 7) is 3.14. The zero-order valence-corrected chi connectivity index (χ0v) is 18.5. The van der Waals surface area contributed by atoms with Crippen LogP contribution in [0.3, 0.4) is 0 Å². The molecule has 3 heterocycles. The molecule has 1 aliphatic rings. The molecular formula is C26H24N4OS. The summed E-state index contributed by atoms with van der Waals surface area (Å²) in [7, 11) is 0. The largest absolute Gasteiger partial charge is 0.322 e. The minimum absolute atomic E-state index is 0.139. The van der Waals surface area contributed by atoms with Crippen LogP contribution in [0.2, 0.25) is 0 Å². The molecule has 5 rings (SSSR count). The van der Waals surface area contributed by atoms with Crippen LogP contribution >= 0.6 is 11.8 Å². The van der Waals surface area contributed by atoms with Gasteiger partial charge in [-0.1, -0.05) is 30.3 Å². The molecule has 0 atom stereocenters. The predicted octanol–water partition coefficient (Wildman–Crippen LogP) is 5.10. The Labute approximate surface area is 191 Å². The second kappa shape index (κ2) is 9.51. The van der Waals surface area contributed by atoms with Crippen LogP contribution in [0.25, 0.3) is 22.2 Å². The number of nitrogens with zero attached hydrogens (tertiary/aromatic N) is 3. The Bertz CT molecular complexity index is 1240. The van der Waals surface area contributed by atoms with Gasteiger partial charge in [0.05, 0.1) is 16.8 Å². The molecule has 4 aromatic rings. The molecule has 0 bridgehead atoms. The quantitative estimate of drug-likeness (QED) is 0.468. The Kier molecular flexibility index (Phi) is 6.14. The van der Waals surface area contributed by atoms with Gasteiger partial charge in [0.1, 0.15) is 0 Å². The molecule has 1 aliphatic heterocycles. The summed E-state index contributed by atoms with van der Waals surface area (Å²) in [5.74, 6) is 2.23. The number of aromatic nitrogens is 2. The number of fused-ring (bicyclic) bond motifs is 1. The van der Waals surface area contributed by atoms with E-state index in [-0.39, 0.29) is 5.91 Å². The number of pyridine rings is 2. The van der Waals surface area contributed by atoms with Gasteiger partial charge >= 0.3 is 0 Å². The van der Waals surface area contributed by atoms with E-state index in [4.69, 9.17) is 4.98 Å². The van der Waals surface area contributed by atoms with Crippen LogP contribution in [0.15, 0.2) is 79.1 Å². The number of carbonyl (C=O) groups excluding carboxylic acids is 1. The lowest BCUT2D eigenvalue weighted by molar-refractivity contribution is 0.102. The van der Waals surface area contributed by atoms with Crippen LogP contribution in [-0.2, 0) is 6.54 Å². The highest BCUT2D eigenvalue weighted by Gasteiger charge is 2.15. The first-order valence-corrected chi connectivity index (χ1v) is 11.9. The first kappa shape index (κ1) is 20.7. The van der Waals surface area contributed by atoms with Crippen molar-refractivity contribution in [1.29, 1.82) is 0 Å². The number of hydrogen-bond donors (Lipinski definition) is 1. The second-order valence-electron chi connectivity index (χ2n) is 7.86. The highest BCUT2D eigenvalue weighted by atomic mass is 32.2. The van der Waals surface area contributed by atoms with E-state index in [2.05, 4.69) is 27.3 Å². The molecule has 160 valence electrons. The third-order valence-corrected chi connectivity index (χ3v) is 6.56. The predicted molar refractivity (Wildman–Crippen MR) is 132 cm³/mol. The van der Waals surface area contributed by atoms with Gasteiger partial charge in [-0.3, -0.25) is 14.7 Å². The third kappa shape index (κ3) is 4.66. The van der Waals surface area contributed by atoms with E-state index < -0.39 is 0 Å². The Morgan fingerprint density at radius 1 is 1.00 bits per heavy atom. The molecule has 1 N–H and O–H groups in total. The van der Waals surface area contributed by atoms with E-state index in [1.54, 1.807) is 12.4 Å². The first-order valence-electron chi connectivity index (χ1n) is 10.8. The zero-order valence-electron chi connectivity index (χ0n) is 17.7. The van der Waals surface area contributed by atoms with Crippen molar-refractivity contribution in [3.05, 3.63) is 90.3 Å². The number of thioether (sulfide) groups is 1. The van der Waals surface area contributed by atoms with Crippen molar-refractivity contribution >= 4 is 34.3 Å². The maximum atomic E-state index is 13.3. The van der Waals surface area contributed by atoms with E-state index in [0.717, 1.165) is 47.5 Å². The Hall–Kier alpha value is -3.22. The molecule has 0 saturated carbocycles. The Balaban J connectivity index is 1.43. The fraction of sp³-hybridized carbons (Fsp3) is 0.192. The van der Waals surface area contributed by atoms with Gasteiger partial charge in [-0.15, -0.1) is 0 Å². The van der Waals surface area contributed by atoms with Crippen LogP contribution in [-0.4, -0.2) is 45.4 Å². The fourth-order valence-electron chi connectivity index (χ4n) is 3.99. The maximum absolute atomic E-state index is 13.3. The average molecular weight is 441 g/mol. The fourth-order valence-corrected chi connectivity index (χ4v) is 4.97. The zero-order chi connectivity index (χ0) is 21.8. The SMILES string of the molecule is O=C(Nc1cccc(CN2CCSCC2)c1)c1cc(-c2cccnc2)nc2ccccc12. The molecule has 32 heavy (non-hydrogen) atoms. The van der Waals surface area contributed by atoms with Gasteiger partial charge < -0.3 is 5.32 Å². The maximum Gasteiger partial charge on any atom is 0.256 e. The van der Waals surface area contributed by atoms with E-state index in [1.165, 1.54) is 17.1 Å². The molecule has 2 aromatic carbocycles. The molecule has 5 nitrogen and oxygen atoms in total. The van der Waals surface area contributed by atoms with Gasteiger partial charge in [0.15, 0.2) is 0 Å². The van der Waals surface area contributed by atoms with Crippen LogP contribution in [0.4, 0.5) is 5.69 Å². The number of hydrogen-bond acceptors (Lipinski definition) is 5. The van der Waals surface area contributed by atoms with Gasteiger partial charge in [0.2, 0.25) is 0 Å². The van der Waals surface area contributed by atoms with Crippen molar-refractivity contribution < 1.29 is 4.79 Å². The van der Waals surface area contributed by atoms with Gasteiger partial charge in [-0.2, -0.15) is 11.8 Å². The normalized spacial score (nSPS) is 14.4. The summed E-state index contributed by atoms with van der Waals surface area (Å²) in [5, 5.41) is 3.93. The van der Waals surface area contributed by atoms with Crippen LogP contribution in [0, 0.1) is 0 Å². The van der Waals surface area contributed by atoms with Crippen molar-refractivity contribution in [2.24, 2.45) is 0 Å². The number of nitrogens with one attached hydrogen (secondary N) is 1. The number of anilines is 1. The van der Waals surface area contributed by atoms with E-state index in [1.807, 2.05) is 66.4 Å². The highest BCUT2D eigenvalue weighted by molar-refractivity contribution is 7.99. The first-order chi connectivity index (χ1) is 15.8. The smallest absolute Gasteiger partial charge is 0.256 e. The molecule has 1 amide bonds. The lowest BCUT2D eigenvalue weighted by Gasteiger charge is -2.26. The molecule has 0 unspecified atom stereocenters. The average Bonchev–Trinajstić information content (AvgIpc) is 2.85. The minimum atomic E-state index is -0.139. The molecule has 0 aliphatic carbocycles. The minimum Gasteiger partial charge on any atom is -0.322 e. The second-order valence-corrected chi connectivity index (χ2v) is 9.08. The molecule has 1 saturated heterocycles. The number of amides is 1. The highest BCUT2D eigenvalue weighted by Crippen LogP contribution is 2.25. The van der Waals surface area contributed by atoms with Crippen molar-refractivity contribution in [2.45, 2.75) is 6.54 Å². The summed E-state index contributed by atoms with van der Waals surface area (Å²) in [6, 6.07) is 21.6. The monoisotopic (exact) mass is 440 g/mol. The number of para-hydroxylation sites is 1. The van der Waals surface area contributed by atoms with Crippen LogP contribution < -0.4 is 5.32 Å². The molecule has 1 fully saturated rings. The van der Waals surface area contributed by atoms with Crippen LogP contribution in [0.1, 0.15) is 15.9 Å². The lowest BCUT2D eigenvalue weighted by Crippen LogP contribution is -2.31. The molecular weight excluding hydrogens is 416 g/mol. The molecule has 0 radical (unpaired) electrons. The van der Waals surface area contributed by atoms with E-state index in [0.29, 0.717) is 5.56 Å². The molecule has 6 heteroatoms. The van der Waals surface area contributed by atoms with Crippen molar-refractivity contribution in [3.8, 4) is 11.3 Å². The van der Waals surface area contributed by atoms with Gasteiger partial charge in [0.25, 0.3) is 5.91 Å². The van der Waals surface area contributed by atoms with E-state index in [9.17, 15) is 4.79 Å². The van der Waals surface area contributed by atoms with Gasteiger partial charge in [-0.05, 0) is 42.0 Å². The summed E-state index contributed by atoms with van der Waals surface area (Å²) in [4.78, 5) is 24.8. The summed E-state index contributed by atoms with van der Waals surface area (Å²) >= 11 is 2.01. The Morgan fingerprint density at radius 2 is 1.88 bits per heavy atom. The number of carbonyl (C=O) groups is 1.